The number of methoxy groups -OCH3 is 1. The van der Waals surface area contributed by atoms with Crippen molar-refractivity contribution in [3.05, 3.63) is 45.9 Å². The third-order valence-electron chi connectivity index (χ3n) is 4.18. The summed E-state index contributed by atoms with van der Waals surface area (Å²) in [6, 6.07) is 7.15. The molecule has 7 heteroatoms. The maximum absolute atomic E-state index is 12.4. The van der Waals surface area contributed by atoms with Gasteiger partial charge in [0.05, 0.1) is 18.1 Å². The summed E-state index contributed by atoms with van der Waals surface area (Å²) in [5, 5.41) is 2.98. The Kier molecular flexibility index (Phi) is 5.43. The van der Waals surface area contributed by atoms with E-state index < -0.39 is 0 Å². The lowest BCUT2D eigenvalue weighted by Crippen LogP contribution is -2.25. The van der Waals surface area contributed by atoms with Crippen molar-refractivity contribution in [2.24, 2.45) is 0 Å². The average molecular weight is 359 g/mol. The van der Waals surface area contributed by atoms with Crippen molar-refractivity contribution in [3.63, 3.8) is 0 Å². The molecule has 1 aliphatic rings. The van der Waals surface area contributed by atoms with E-state index in [4.69, 9.17) is 4.74 Å². The quantitative estimate of drug-likeness (QED) is 0.633. The van der Waals surface area contributed by atoms with E-state index in [9.17, 15) is 9.59 Å². The molecule has 2 N–H and O–H groups in total. The molecule has 0 aliphatic heterocycles. The molecule has 0 saturated heterocycles. The van der Waals surface area contributed by atoms with Crippen LogP contribution in [-0.2, 0) is 17.6 Å². The number of hydrogen-bond acceptors (Lipinski definition) is 5. The molecule has 0 fully saturated rings. The molecule has 3 rings (SSSR count). The number of aryl methyl sites for hydroxylation is 1. The molecule has 1 heterocycles. The van der Waals surface area contributed by atoms with Crippen molar-refractivity contribution in [1.82, 2.24) is 9.97 Å². The summed E-state index contributed by atoms with van der Waals surface area (Å²) >= 11 is 1.26. The predicted octanol–water partition coefficient (Wildman–Crippen LogP) is 2.78. The molecule has 0 radical (unpaired) electrons. The number of nitrogens with one attached hydrogen (secondary N) is 2. The smallest absolute Gasteiger partial charge is 0.254 e. The topological polar surface area (TPSA) is 84.1 Å². The van der Waals surface area contributed by atoms with Crippen molar-refractivity contribution >= 4 is 23.4 Å². The fourth-order valence-electron chi connectivity index (χ4n) is 2.78. The molecule has 25 heavy (non-hydrogen) atoms. The number of H-pyrrole nitrogens is 1. The monoisotopic (exact) mass is 359 g/mol. The standard InChI is InChI=1S/C18H21N3O3S/c1-11(16(22)19-12-7-9-13(24-2)10-8-12)25-18-20-15-6-4-3-5-14(15)17(23)21-18/h7-11H,3-6H2,1-2H3,(H,19,22)(H,20,21,23). The number of nitrogens with zero attached hydrogens (tertiary/aromatic N) is 1. The lowest BCUT2D eigenvalue weighted by molar-refractivity contribution is -0.115. The van der Waals surface area contributed by atoms with Crippen molar-refractivity contribution in [2.45, 2.75) is 43.0 Å². The molecular formula is C18H21N3O3S. The van der Waals surface area contributed by atoms with Gasteiger partial charge < -0.3 is 15.0 Å². The van der Waals surface area contributed by atoms with Gasteiger partial charge in [-0.3, -0.25) is 9.59 Å². The van der Waals surface area contributed by atoms with Crippen LogP contribution in [-0.4, -0.2) is 28.2 Å². The van der Waals surface area contributed by atoms with Crippen molar-refractivity contribution < 1.29 is 9.53 Å². The zero-order valence-electron chi connectivity index (χ0n) is 14.3. The molecule has 2 aromatic rings. The van der Waals surface area contributed by atoms with E-state index in [0.29, 0.717) is 10.8 Å². The third-order valence-corrected chi connectivity index (χ3v) is 5.17. The van der Waals surface area contributed by atoms with Gasteiger partial charge in [0.2, 0.25) is 5.91 Å². The van der Waals surface area contributed by atoms with Gasteiger partial charge in [0.1, 0.15) is 5.75 Å². The number of fused-ring (bicyclic) bond motifs is 1. The fourth-order valence-corrected chi connectivity index (χ4v) is 3.59. The number of thioether (sulfide) groups is 1. The summed E-state index contributed by atoms with van der Waals surface area (Å²) in [7, 11) is 1.60. The van der Waals surface area contributed by atoms with Gasteiger partial charge in [-0.2, -0.15) is 0 Å². The Hall–Kier alpha value is -2.28. The number of hydrogen-bond donors (Lipinski definition) is 2. The van der Waals surface area contributed by atoms with Gasteiger partial charge in [-0.25, -0.2) is 4.98 Å². The Morgan fingerprint density at radius 1 is 1.28 bits per heavy atom. The average Bonchev–Trinajstić information content (AvgIpc) is 2.62. The van der Waals surface area contributed by atoms with E-state index in [2.05, 4.69) is 15.3 Å². The minimum absolute atomic E-state index is 0.0741. The van der Waals surface area contributed by atoms with E-state index in [0.717, 1.165) is 42.7 Å². The molecule has 1 aliphatic carbocycles. The number of carbonyl (C=O) groups excluding carboxylic acids is 1. The van der Waals surface area contributed by atoms with Gasteiger partial charge in [0.25, 0.3) is 5.56 Å². The zero-order valence-corrected chi connectivity index (χ0v) is 15.1. The van der Waals surface area contributed by atoms with Gasteiger partial charge >= 0.3 is 0 Å². The van der Waals surface area contributed by atoms with Crippen LogP contribution in [0.3, 0.4) is 0 Å². The summed E-state index contributed by atoms with van der Waals surface area (Å²) in [4.78, 5) is 31.9. The largest absolute Gasteiger partial charge is 0.497 e. The van der Waals surface area contributed by atoms with Crippen LogP contribution in [0, 0.1) is 0 Å². The predicted molar refractivity (Wildman–Crippen MR) is 98.4 cm³/mol. The number of carbonyl (C=O) groups is 1. The summed E-state index contributed by atoms with van der Waals surface area (Å²) in [6.07, 6.45) is 3.71. The highest BCUT2D eigenvalue weighted by Gasteiger charge is 2.19. The fraction of sp³-hybridized carbons (Fsp3) is 0.389. The molecular weight excluding hydrogens is 338 g/mol. The number of benzene rings is 1. The minimum atomic E-state index is -0.383. The lowest BCUT2D eigenvalue weighted by atomic mass is 9.97. The summed E-state index contributed by atoms with van der Waals surface area (Å²) in [5.74, 6) is 0.590. The first-order chi connectivity index (χ1) is 12.1. The minimum Gasteiger partial charge on any atom is -0.497 e. The molecule has 1 aromatic heterocycles. The highest BCUT2D eigenvalue weighted by atomic mass is 32.2. The number of aromatic nitrogens is 2. The first-order valence-electron chi connectivity index (χ1n) is 8.30. The van der Waals surface area contributed by atoms with Gasteiger partial charge in [-0.15, -0.1) is 0 Å². The molecule has 1 atom stereocenters. The Morgan fingerprint density at radius 2 is 2.00 bits per heavy atom. The van der Waals surface area contributed by atoms with Crippen LogP contribution in [0.4, 0.5) is 5.69 Å². The van der Waals surface area contributed by atoms with Crippen molar-refractivity contribution in [2.75, 3.05) is 12.4 Å². The van der Waals surface area contributed by atoms with E-state index in [-0.39, 0.29) is 16.7 Å². The molecule has 0 saturated carbocycles. The number of rotatable bonds is 5. The Balaban J connectivity index is 1.66. The highest BCUT2D eigenvalue weighted by molar-refractivity contribution is 8.00. The SMILES string of the molecule is COc1ccc(NC(=O)C(C)Sc2nc3c(c(=O)[nH]2)CCCC3)cc1. The summed E-state index contributed by atoms with van der Waals surface area (Å²) in [5.41, 5.74) is 2.30. The van der Waals surface area contributed by atoms with Crippen LogP contribution in [0.15, 0.2) is 34.2 Å². The second kappa shape index (κ2) is 7.74. The second-order valence-electron chi connectivity index (χ2n) is 5.98. The molecule has 1 aromatic carbocycles. The van der Waals surface area contributed by atoms with Gasteiger partial charge in [-0.05, 0) is 56.9 Å². The summed E-state index contributed by atoms with van der Waals surface area (Å²) in [6.45, 7) is 1.79. The van der Waals surface area contributed by atoms with E-state index in [1.165, 1.54) is 11.8 Å². The third kappa shape index (κ3) is 4.22. The van der Waals surface area contributed by atoms with Crippen LogP contribution < -0.4 is 15.6 Å². The molecule has 6 nitrogen and oxygen atoms in total. The Morgan fingerprint density at radius 3 is 2.72 bits per heavy atom. The van der Waals surface area contributed by atoms with Gasteiger partial charge in [0.15, 0.2) is 5.16 Å². The van der Waals surface area contributed by atoms with E-state index in [1.807, 2.05) is 0 Å². The lowest BCUT2D eigenvalue weighted by Gasteiger charge is -2.16. The summed E-state index contributed by atoms with van der Waals surface area (Å²) < 4.78 is 5.10. The Labute approximate surface area is 150 Å². The maximum Gasteiger partial charge on any atom is 0.254 e. The normalized spacial score (nSPS) is 14.5. The maximum atomic E-state index is 12.4. The van der Waals surface area contributed by atoms with Crippen LogP contribution in [0.5, 0.6) is 5.75 Å². The number of amides is 1. The Bertz CT molecular complexity index is 817. The molecule has 132 valence electrons. The van der Waals surface area contributed by atoms with Crippen molar-refractivity contribution in [3.8, 4) is 5.75 Å². The molecule has 0 bridgehead atoms. The van der Waals surface area contributed by atoms with Crippen molar-refractivity contribution in [1.29, 1.82) is 0 Å². The number of anilines is 1. The van der Waals surface area contributed by atoms with Crippen LogP contribution in [0.25, 0.3) is 0 Å². The first kappa shape index (κ1) is 17.5. The molecule has 0 spiro atoms. The first-order valence-corrected chi connectivity index (χ1v) is 9.18. The zero-order chi connectivity index (χ0) is 17.8. The molecule has 1 unspecified atom stereocenters. The van der Waals surface area contributed by atoms with Crippen LogP contribution in [0.1, 0.15) is 31.0 Å². The second-order valence-corrected chi connectivity index (χ2v) is 7.31. The number of aromatic amines is 1. The van der Waals surface area contributed by atoms with Gasteiger partial charge in [0, 0.05) is 11.3 Å². The van der Waals surface area contributed by atoms with E-state index >= 15 is 0 Å². The molecule has 1 amide bonds. The van der Waals surface area contributed by atoms with Gasteiger partial charge in [-0.1, -0.05) is 11.8 Å². The van der Waals surface area contributed by atoms with Crippen LogP contribution >= 0.6 is 11.8 Å². The highest BCUT2D eigenvalue weighted by Crippen LogP contribution is 2.23. The van der Waals surface area contributed by atoms with E-state index in [1.54, 1.807) is 38.3 Å². The van der Waals surface area contributed by atoms with Crippen LogP contribution in [0.2, 0.25) is 0 Å². The number of ether oxygens (including phenoxy) is 1.